The lowest BCUT2D eigenvalue weighted by molar-refractivity contribution is 0.247. The van der Waals surface area contributed by atoms with Gasteiger partial charge >= 0.3 is 0 Å². The first kappa shape index (κ1) is 20.8. The number of halogens is 1. The standard InChI is InChI=1S/C23H25ClN4OS/c1-15-14-19(16(2)28(15)18-9-7-17(24)8-10-18)22-21(20-6-3-4-11-25-20)26-23(30)27(22)12-5-13-29/h3-4,6-11,14,21-22,29H,5,12-13H2,1-2H3,(H,26,30)/t21-,22+/m0/s1. The molecule has 1 saturated heterocycles. The molecule has 1 aliphatic heterocycles. The monoisotopic (exact) mass is 440 g/mol. The molecule has 4 rings (SSSR count). The van der Waals surface area contributed by atoms with Gasteiger partial charge in [0.25, 0.3) is 0 Å². The number of aliphatic hydroxyl groups excluding tert-OH is 1. The number of nitrogens with zero attached hydrogens (tertiary/aromatic N) is 3. The minimum absolute atomic E-state index is 0.00815. The van der Waals surface area contributed by atoms with Crippen LogP contribution >= 0.6 is 23.8 Å². The predicted octanol–water partition coefficient (Wildman–Crippen LogP) is 4.50. The molecule has 0 spiro atoms. The normalized spacial score (nSPS) is 18.7. The summed E-state index contributed by atoms with van der Waals surface area (Å²) in [6.07, 6.45) is 2.47. The first-order chi connectivity index (χ1) is 14.5. The van der Waals surface area contributed by atoms with Crippen LogP contribution in [0.5, 0.6) is 0 Å². The number of aromatic nitrogens is 2. The maximum absolute atomic E-state index is 9.41. The molecule has 0 radical (unpaired) electrons. The van der Waals surface area contributed by atoms with E-state index in [4.69, 9.17) is 23.8 Å². The molecule has 2 N–H and O–H groups in total. The van der Waals surface area contributed by atoms with Crippen molar-refractivity contribution in [2.24, 2.45) is 0 Å². The summed E-state index contributed by atoms with van der Waals surface area (Å²) in [4.78, 5) is 6.77. The van der Waals surface area contributed by atoms with Crippen LogP contribution in [0.2, 0.25) is 5.02 Å². The van der Waals surface area contributed by atoms with Gasteiger partial charge < -0.3 is 19.9 Å². The average molecular weight is 441 g/mol. The van der Waals surface area contributed by atoms with E-state index in [1.807, 2.05) is 48.7 Å². The average Bonchev–Trinajstić information content (AvgIpc) is 3.23. The van der Waals surface area contributed by atoms with Crippen LogP contribution in [0, 0.1) is 13.8 Å². The Morgan fingerprint density at radius 2 is 1.93 bits per heavy atom. The zero-order chi connectivity index (χ0) is 21.3. The summed E-state index contributed by atoms with van der Waals surface area (Å²) < 4.78 is 2.24. The highest BCUT2D eigenvalue weighted by Crippen LogP contribution is 2.41. The van der Waals surface area contributed by atoms with Gasteiger partial charge in [0, 0.05) is 41.4 Å². The highest BCUT2D eigenvalue weighted by molar-refractivity contribution is 7.80. The largest absolute Gasteiger partial charge is 0.396 e. The zero-order valence-electron chi connectivity index (χ0n) is 17.0. The Morgan fingerprint density at radius 3 is 2.60 bits per heavy atom. The number of rotatable bonds is 6. The lowest BCUT2D eigenvalue weighted by atomic mass is 9.96. The van der Waals surface area contributed by atoms with Gasteiger partial charge in [0.1, 0.15) is 0 Å². The fourth-order valence-electron chi connectivity index (χ4n) is 4.30. The van der Waals surface area contributed by atoms with E-state index in [1.54, 1.807) is 0 Å². The minimum Gasteiger partial charge on any atom is -0.396 e. The maximum Gasteiger partial charge on any atom is 0.170 e. The van der Waals surface area contributed by atoms with Crippen molar-refractivity contribution in [3.8, 4) is 5.69 Å². The third-order valence-electron chi connectivity index (χ3n) is 5.63. The van der Waals surface area contributed by atoms with Gasteiger partial charge in [-0.3, -0.25) is 4.98 Å². The molecule has 3 heterocycles. The van der Waals surface area contributed by atoms with Crippen molar-refractivity contribution in [1.82, 2.24) is 19.8 Å². The van der Waals surface area contributed by atoms with Crippen molar-refractivity contribution in [2.75, 3.05) is 13.2 Å². The summed E-state index contributed by atoms with van der Waals surface area (Å²) >= 11 is 11.8. The Labute approximate surface area is 187 Å². The molecule has 3 aromatic rings. The Morgan fingerprint density at radius 1 is 1.17 bits per heavy atom. The summed E-state index contributed by atoms with van der Waals surface area (Å²) in [5.74, 6) is 0. The predicted molar refractivity (Wildman–Crippen MR) is 124 cm³/mol. The van der Waals surface area contributed by atoms with Crippen molar-refractivity contribution < 1.29 is 5.11 Å². The maximum atomic E-state index is 9.41. The molecule has 2 atom stereocenters. The smallest absolute Gasteiger partial charge is 0.170 e. The molecule has 30 heavy (non-hydrogen) atoms. The molecular formula is C23H25ClN4OS. The lowest BCUT2D eigenvalue weighted by Crippen LogP contribution is -2.31. The van der Waals surface area contributed by atoms with Crippen LogP contribution in [0.15, 0.2) is 54.7 Å². The number of aliphatic hydroxyl groups is 1. The Bertz CT molecular complexity index is 1040. The summed E-state index contributed by atoms with van der Waals surface area (Å²) in [5.41, 5.74) is 5.52. The molecule has 5 nitrogen and oxygen atoms in total. The SMILES string of the molecule is Cc1cc([C@@H]2[C@H](c3ccccn3)NC(=S)N2CCCO)c(C)n1-c1ccc(Cl)cc1. The van der Waals surface area contributed by atoms with Gasteiger partial charge in [-0.2, -0.15) is 0 Å². The Kier molecular flexibility index (Phi) is 6.09. The minimum atomic E-state index is -0.0587. The van der Waals surface area contributed by atoms with Gasteiger partial charge in [0.05, 0.1) is 17.8 Å². The highest BCUT2D eigenvalue weighted by atomic mass is 35.5. The first-order valence-corrected chi connectivity index (χ1v) is 10.8. The summed E-state index contributed by atoms with van der Waals surface area (Å²) in [6.45, 7) is 5.06. The molecule has 7 heteroatoms. The van der Waals surface area contributed by atoms with Gasteiger partial charge in [-0.25, -0.2) is 0 Å². The first-order valence-electron chi connectivity index (χ1n) is 10.0. The van der Waals surface area contributed by atoms with Crippen molar-refractivity contribution in [1.29, 1.82) is 0 Å². The molecule has 2 aromatic heterocycles. The van der Waals surface area contributed by atoms with Crippen molar-refractivity contribution in [2.45, 2.75) is 32.4 Å². The molecular weight excluding hydrogens is 416 g/mol. The molecule has 0 bridgehead atoms. The highest BCUT2D eigenvalue weighted by Gasteiger charge is 2.41. The van der Waals surface area contributed by atoms with E-state index in [1.165, 1.54) is 5.56 Å². The van der Waals surface area contributed by atoms with E-state index in [2.05, 4.69) is 39.7 Å². The number of aryl methyl sites for hydroxylation is 1. The summed E-state index contributed by atoms with van der Waals surface area (Å²) in [6, 6.07) is 16.0. The molecule has 1 fully saturated rings. The molecule has 1 aromatic carbocycles. The fourth-order valence-corrected chi connectivity index (χ4v) is 4.76. The van der Waals surface area contributed by atoms with Crippen LogP contribution in [0.4, 0.5) is 0 Å². The number of thiocarbonyl (C=S) groups is 1. The molecule has 1 aliphatic rings. The molecule has 0 amide bonds. The molecule has 0 aliphatic carbocycles. The topological polar surface area (TPSA) is 53.3 Å². The van der Waals surface area contributed by atoms with E-state index >= 15 is 0 Å². The fraction of sp³-hybridized carbons (Fsp3) is 0.304. The van der Waals surface area contributed by atoms with E-state index < -0.39 is 0 Å². The third kappa shape index (κ3) is 3.83. The second-order valence-electron chi connectivity index (χ2n) is 7.54. The van der Waals surface area contributed by atoms with Crippen LogP contribution in [0.3, 0.4) is 0 Å². The third-order valence-corrected chi connectivity index (χ3v) is 6.23. The van der Waals surface area contributed by atoms with Crippen LogP contribution in [0.1, 0.15) is 41.1 Å². The molecule has 0 saturated carbocycles. The van der Waals surface area contributed by atoms with Crippen LogP contribution < -0.4 is 5.32 Å². The molecule has 0 unspecified atom stereocenters. The molecule has 156 valence electrons. The van der Waals surface area contributed by atoms with E-state index in [0.717, 1.165) is 27.8 Å². The van der Waals surface area contributed by atoms with Crippen LogP contribution in [0.25, 0.3) is 5.69 Å². The van der Waals surface area contributed by atoms with Gasteiger partial charge in [0.15, 0.2) is 5.11 Å². The van der Waals surface area contributed by atoms with Gasteiger partial charge in [-0.15, -0.1) is 0 Å². The second-order valence-corrected chi connectivity index (χ2v) is 8.36. The van der Waals surface area contributed by atoms with E-state index in [9.17, 15) is 5.11 Å². The van der Waals surface area contributed by atoms with Gasteiger partial charge in [0.2, 0.25) is 0 Å². The quantitative estimate of drug-likeness (QED) is 0.553. The van der Waals surface area contributed by atoms with Crippen molar-refractivity contribution in [3.05, 3.63) is 82.4 Å². The Balaban J connectivity index is 1.81. The number of nitrogens with one attached hydrogen (secondary N) is 1. The van der Waals surface area contributed by atoms with Crippen LogP contribution in [-0.2, 0) is 0 Å². The number of benzene rings is 1. The number of hydrogen-bond donors (Lipinski definition) is 2. The van der Waals surface area contributed by atoms with Crippen molar-refractivity contribution in [3.63, 3.8) is 0 Å². The number of pyridine rings is 1. The zero-order valence-corrected chi connectivity index (χ0v) is 18.6. The lowest BCUT2D eigenvalue weighted by Gasteiger charge is -2.28. The van der Waals surface area contributed by atoms with Crippen molar-refractivity contribution >= 4 is 28.9 Å². The summed E-state index contributed by atoms with van der Waals surface area (Å²) in [5, 5.41) is 14.3. The van der Waals surface area contributed by atoms with E-state index in [0.29, 0.717) is 18.1 Å². The van der Waals surface area contributed by atoms with E-state index in [-0.39, 0.29) is 18.7 Å². The summed E-state index contributed by atoms with van der Waals surface area (Å²) in [7, 11) is 0. The number of hydrogen-bond acceptors (Lipinski definition) is 3. The van der Waals surface area contributed by atoms with Crippen LogP contribution in [-0.4, -0.2) is 37.8 Å². The van der Waals surface area contributed by atoms with Gasteiger partial charge in [-0.05, 0) is 80.5 Å². The van der Waals surface area contributed by atoms with Gasteiger partial charge in [-0.1, -0.05) is 17.7 Å². The second kappa shape index (κ2) is 8.76. The Hall–Kier alpha value is -2.41.